The highest BCUT2D eigenvalue weighted by Gasteiger charge is 2.42. The zero-order valence-electron chi connectivity index (χ0n) is 18.1. The minimum absolute atomic E-state index is 0.0601. The lowest BCUT2D eigenvalue weighted by Gasteiger charge is -2.38. The normalized spacial score (nSPS) is 18.8. The molecule has 0 N–H and O–H groups in total. The van der Waals surface area contributed by atoms with Crippen LogP contribution in [0.3, 0.4) is 0 Å². The molecule has 0 saturated heterocycles. The summed E-state index contributed by atoms with van der Waals surface area (Å²) in [4.78, 5) is 0. The Morgan fingerprint density at radius 2 is 1.74 bits per heavy atom. The van der Waals surface area contributed by atoms with Gasteiger partial charge in [0.1, 0.15) is 11.5 Å². The Labute approximate surface area is 222 Å². The molecule has 4 nitrogen and oxygen atoms in total. The summed E-state index contributed by atoms with van der Waals surface area (Å²) in [6.07, 6.45) is 0.431. The lowest BCUT2D eigenvalue weighted by Crippen LogP contribution is -2.34. The second-order valence-electron chi connectivity index (χ2n) is 8.38. The van der Waals surface area contributed by atoms with Crippen LogP contribution in [0, 0.1) is 0 Å². The summed E-state index contributed by atoms with van der Waals surface area (Å²) < 4.78 is 14.8. The first-order chi connectivity index (χ1) is 16.5. The van der Waals surface area contributed by atoms with Crippen LogP contribution in [0.25, 0.3) is 10.8 Å². The Bertz CT molecular complexity index is 1470. The van der Waals surface area contributed by atoms with Crippen LogP contribution in [0.2, 0.25) is 0 Å². The number of fused-ring (bicyclic) bond motifs is 4. The van der Waals surface area contributed by atoms with E-state index in [2.05, 4.69) is 101 Å². The lowest BCUT2D eigenvalue weighted by atomic mass is 9.95. The lowest BCUT2D eigenvalue weighted by molar-refractivity contribution is -0.0197. The van der Waals surface area contributed by atoms with Crippen LogP contribution in [0.1, 0.15) is 35.4 Å². The molecule has 0 bridgehead atoms. The van der Waals surface area contributed by atoms with Crippen molar-refractivity contribution in [1.82, 2.24) is 5.01 Å². The van der Waals surface area contributed by atoms with E-state index in [0.717, 1.165) is 53.7 Å². The van der Waals surface area contributed by atoms with Gasteiger partial charge in [-0.25, -0.2) is 5.01 Å². The molecule has 2 aliphatic rings. The van der Waals surface area contributed by atoms with E-state index in [1.807, 2.05) is 24.3 Å². The molecule has 2 unspecified atom stereocenters. The van der Waals surface area contributed by atoms with E-state index in [-0.39, 0.29) is 12.3 Å². The number of hydrogen-bond acceptors (Lipinski definition) is 4. The molecule has 4 aromatic rings. The highest BCUT2D eigenvalue weighted by molar-refractivity contribution is 9.11. The smallest absolute Gasteiger partial charge is 0.213 e. The molecular formula is C27H19Br3N2O2. The number of rotatable bonds is 3. The number of halogens is 3. The molecule has 0 amide bonds. The summed E-state index contributed by atoms with van der Waals surface area (Å²) in [7, 11) is 1.67. The van der Waals surface area contributed by atoms with E-state index in [0.29, 0.717) is 0 Å². The third-order valence-corrected chi connectivity index (χ3v) is 8.02. The van der Waals surface area contributed by atoms with Gasteiger partial charge in [-0.05, 0) is 84.6 Å². The molecule has 0 aliphatic carbocycles. The molecule has 6 rings (SSSR count). The molecule has 34 heavy (non-hydrogen) atoms. The van der Waals surface area contributed by atoms with Gasteiger partial charge in [-0.3, -0.25) is 0 Å². The van der Waals surface area contributed by atoms with Gasteiger partial charge < -0.3 is 9.47 Å². The molecular weight excluding hydrogens is 624 g/mol. The molecule has 0 saturated carbocycles. The van der Waals surface area contributed by atoms with E-state index >= 15 is 0 Å². The monoisotopic (exact) mass is 640 g/mol. The van der Waals surface area contributed by atoms with Gasteiger partial charge in [-0.1, -0.05) is 52.3 Å². The number of ether oxygens (including phenoxy) is 2. The number of hydrazone groups is 1. The maximum Gasteiger partial charge on any atom is 0.213 e. The number of benzene rings is 4. The van der Waals surface area contributed by atoms with Crippen LogP contribution in [0.15, 0.2) is 91.3 Å². The van der Waals surface area contributed by atoms with Gasteiger partial charge in [0.2, 0.25) is 6.23 Å². The third-order valence-electron chi connectivity index (χ3n) is 6.35. The Hall–Kier alpha value is -2.35. The van der Waals surface area contributed by atoms with Gasteiger partial charge in [0.05, 0.1) is 27.8 Å². The summed E-state index contributed by atoms with van der Waals surface area (Å²) in [5, 5.41) is 9.66. The summed E-state index contributed by atoms with van der Waals surface area (Å²) in [6.45, 7) is 0. The summed E-state index contributed by atoms with van der Waals surface area (Å²) in [5.74, 6) is 1.64. The van der Waals surface area contributed by atoms with Crippen LogP contribution in [0.5, 0.6) is 11.5 Å². The van der Waals surface area contributed by atoms with Crippen LogP contribution >= 0.6 is 47.8 Å². The van der Waals surface area contributed by atoms with Crippen molar-refractivity contribution >= 4 is 64.3 Å². The van der Waals surface area contributed by atoms with E-state index in [1.165, 1.54) is 10.8 Å². The maximum atomic E-state index is 6.59. The van der Waals surface area contributed by atoms with Crippen molar-refractivity contribution in [2.75, 3.05) is 7.11 Å². The quantitative estimate of drug-likeness (QED) is 0.225. The maximum absolute atomic E-state index is 6.59. The topological polar surface area (TPSA) is 34.1 Å². The summed E-state index contributed by atoms with van der Waals surface area (Å²) in [6, 6.07) is 25.2. The van der Waals surface area contributed by atoms with Crippen molar-refractivity contribution in [2.24, 2.45) is 5.10 Å². The Morgan fingerprint density at radius 3 is 2.53 bits per heavy atom. The SMILES string of the molecule is COc1ccc(C2Oc3c(Br)cc(Br)cc3C3CC(c4ccc5ccccc5c4)=NN32)cc1Br. The molecule has 2 aliphatic heterocycles. The Balaban J connectivity index is 1.47. The van der Waals surface area contributed by atoms with Crippen molar-refractivity contribution in [3.8, 4) is 11.5 Å². The van der Waals surface area contributed by atoms with Crippen molar-refractivity contribution < 1.29 is 9.47 Å². The van der Waals surface area contributed by atoms with Crippen LogP contribution in [0.4, 0.5) is 0 Å². The van der Waals surface area contributed by atoms with Gasteiger partial charge in [-0.2, -0.15) is 5.10 Å². The standard InChI is InChI=1S/C27H19Br3N2O2/c1-33-25-9-8-18(11-21(25)29)27-32-24(20-12-19(28)13-22(30)26(20)34-27)14-23(31-32)17-7-6-15-4-2-3-5-16(15)10-17/h2-13,24,27H,14H2,1H3. The Morgan fingerprint density at radius 1 is 0.912 bits per heavy atom. The average Bonchev–Trinajstić information content (AvgIpc) is 3.29. The van der Waals surface area contributed by atoms with E-state index in [1.54, 1.807) is 7.11 Å². The van der Waals surface area contributed by atoms with Gasteiger partial charge >= 0.3 is 0 Å². The molecule has 0 fully saturated rings. The second kappa shape index (κ2) is 8.70. The molecule has 2 heterocycles. The van der Waals surface area contributed by atoms with E-state index in [4.69, 9.17) is 14.6 Å². The van der Waals surface area contributed by atoms with Gasteiger partial charge in [0.15, 0.2) is 0 Å². The second-order valence-corrected chi connectivity index (χ2v) is 11.0. The molecule has 7 heteroatoms. The van der Waals surface area contributed by atoms with Crippen LogP contribution in [-0.4, -0.2) is 17.8 Å². The zero-order chi connectivity index (χ0) is 23.4. The molecule has 170 valence electrons. The molecule has 0 radical (unpaired) electrons. The minimum Gasteiger partial charge on any atom is -0.496 e. The van der Waals surface area contributed by atoms with Gasteiger partial charge in [0.25, 0.3) is 0 Å². The first-order valence-electron chi connectivity index (χ1n) is 10.9. The van der Waals surface area contributed by atoms with Crippen molar-refractivity contribution in [1.29, 1.82) is 0 Å². The first-order valence-corrected chi connectivity index (χ1v) is 13.2. The number of nitrogens with zero attached hydrogens (tertiary/aromatic N) is 2. The average molecular weight is 643 g/mol. The minimum atomic E-state index is -0.366. The highest BCUT2D eigenvalue weighted by Crippen LogP contribution is 2.51. The van der Waals surface area contributed by atoms with E-state index < -0.39 is 0 Å². The van der Waals surface area contributed by atoms with Gasteiger partial charge in [0, 0.05) is 22.0 Å². The summed E-state index contributed by atoms with van der Waals surface area (Å²) >= 11 is 11.0. The largest absolute Gasteiger partial charge is 0.496 e. The molecule has 0 aromatic heterocycles. The predicted octanol–water partition coefficient (Wildman–Crippen LogP) is 8.38. The van der Waals surface area contributed by atoms with Crippen LogP contribution < -0.4 is 9.47 Å². The van der Waals surface area contributed by atoms with Crippen molar-refractivity contribution in [3.63, 3.8) is 0 Å². The fraction of sp³-hybridized carbons (Fsp3) is 0.148. The number of methoxy groups -OCH3 is 1. The molecule has 4 aromatic carbocycles. The van der Waals surface area contributed by atoms with Crippen LogP contribution in [-0.2, 0) is 0 Å². The van der Waals surface area contributed by atoms with Crippen molar-refractivity contribution in [3.05, 3.63) is 103 Å². The third kappa shape index (κ3) is 3.74. The van der Waals surface area contributed by atoms with E-state index in [9.17, 15) is 0 Å². The van der Waals surface area contributed by atoms with Crippen molar-refractivity contribution in [2.45, 2.75) is 18.7 Å². The van der Waals surface area contributed by atoms with Gasteiger partial charge in [-0.15, -0.1) is 0 Å². The molecule has 0 spiro atoms. The zero-order valence-corrected chi connectivity index (χ0v) is 22.9. The highest BCUT2D eigenvalue weighted by atomic mass is 79.9. The number of hydrogen-bond donors (Lipinski definition) is 0. The fourth-order valence-corrected chi connectivity index (χ4v) is 6.62. The Kier molecular flexibility index (Phi) is 5.66. The fourth-order valence-electron chi connectivity index (χ4n) is 4.71. The first kappa shape index (κ1) is 22.1. The molecule has 2 atom stereocenters. The summed E-state index contributed by atoms with van der Waals surface area (Å²) in [5.41, 5.74) is 4.31. The predicted molar refractivity (Wildman–Crippen MR) is 146 cm³/mol.